The van der Waals surface area contributed by atoms with E-state index in [9.17, 15) is 9.59 Å². The van der Waals surface area contributed by atoms with E-state index in [1.165, 1.54) is 12.3 Å². The van der Waals surface area contributed by atoms with E-state index in [1.807, 2.05) is 13.8 Å². The molecule has 2 amide bonds. The lowest BCUT2D eigenvalue weighted by atomic mass is 9.88. The Kier molecular flexibility index (Phi) is 7.15. The van der Waals surface area contributed by atoms with Crippen LogP contribution in [0.1, 0.15) is 39.5 Å². The fourth-order valence-corrected chi connectivity index (χ4v) is 3.34. The van der Waals surface area contributed by atoms with Crippen molar-refractivity contribution in [3.05, 3.63) is 24.2 Å². The van der Waals surface area contributed by atoms with Gasteiger partial charge >= 0.3 is 0 Å². The average molecular weight is 374 g/mol. The molecule has 0 aromatic carbocycles. The monoisotopic (exact) mass is 374 g/mol. The fourth-order valence-electron chi connectivity index (χ4n) is 3.34. The van der Waals surface area contributed by atoms with Gasteiger partial charge in [-0.1, -0.05) is 0 Å². The first-order valence-corrected chi connectivity index (χ1v) is 9.41. The van der Waals surface area contributed by atoms with Gasteiger partial charge in [-0.2, -0.15) is 0 Å². The Balaban J connectivity index is 2.24. The molecule has 0 heterocycles. The van der Waals surface area contributed by atoms with Crippen molar-refractivity contribution in [1.29, 1.82) is 5.41 Å². The number of rotatable bonds is 10. The molecular formula is C19H30N6O2. The van der Waals surface area contributed by atoms with E-state index in [0.717, 1.165) is 38.1 Å². The van der Waals surface area contributed by atoms with Crippen LogP contribution in [0.25, 0.3) is 0 Å². The summed E-state index contributed by atoms with van der Waals surface area (Å²) in [5.74, 6) is 0.183. The van der Waals surface area contributed by atoms with Gasteiger partial charge < -0.3 is 27.5 Å². The van der Waals surface area contributed by atoms with Crippen LogP contribution in [0.4, 0.5) is 0 Å². The van der Waals surface area contributed by atoms with Crippen LogP contribution in [0.5, 0.6) is 0 Å². The largest absolute Gasteiger partial charge is 0.405 e. The highest BCUT2D eigenvalue weighted by molar-refractivity contribution is 6.43. The number of nitrogens with one attached hydrogen (secondary N) is 3. The molecule has 2 fully saturated rings. The summed E-state index contributed by atoms with van der Waals surface area (Å²) in [5, 5.41) is 12.8. The lowest BCUT2D eigenvalue weighted by Gasteiger charge is -2.27. The van der Waals surface area contributed by atoms with Crippen molar-refractivity contribution in [2.75, 3.05) is 0 Å². The number of nitrogens with two attached hydrogens (primary N) is 2. The minimum Gasteiger partial charge on any atom is -0.405 e. The average Bonchev–Trinajstić information content (AvgIpc) is 3.52. The number of allylic oxidation sites excluding steroid dienone is 1. The summed E-state index contributed by atoms with van der Waals surface area (Å²) in [5.41, 5.74) is 11.3. The Hall–Kier alpha value is -2.64. The van der Waals surface area contributed by atoms with Gasteiger partial charge in [-0.25, -0.2) is 0 Å². The van der Waals surface area contributed by atoms with Gasteiger partial charge in [-0.3, -0.25) is 14.6 Å². The Morgan fingerprint density at radius 3 is 2.15 bits per heavy atom. The molecule has 0 saturated heterocycles. The minimum absolute atomic E-state index is 0.0819. The van der Waals surface area contributed by atoms with Gasteiger partial charge in [0.2, 0.25) is 5.91 Å². The van der Waals surface area contributed by atoms with Crippen LogP contribution in [0, 0.1) is 23.2 Å². The molecule has 7 N–H and O–H groups in total. The standard InChI is InChI=1S/C19H30N6O2/c1-11(2)23-15(7-8-20)18(26)25-17(19(27)24-14(9-21)10-22)16(12-3-4-12)13-5-6-13/h7-13,16-17,21H,3-6,20,22H2,1-2H3,(H,24,27)(H,25,26)/b8-7?,14-10+,21-9?,23-15?. The predicted molar refractivity (Wildman–Crippen MR) is 106 cm³/mol. The van der Waals surface area contributed by atoms with Crippen molar-refractivity contribution < 1.29 is 9.59 Å². The fraction of sp³-hybridized carbons (Fsp3) is 0.579. The van der Waals surface area contributed by atoms with Crippen molar-refractivity contribution in [3.8, 4) is 0 Å². The van der Waals surface area contributed by atoms with Crippen LogP contribution in [0.3, 0.4) is 0 Å². The number of carbonyl (C=O) groups excluding carboxylic acids is 2. The number of hydrogen-bond donors (Lipinski definition) is 5. The second-order valence-corrected chi connectivity index (χ2v) is 7.43. The number of nitrogens with zero attached hydrogens (tertiary/aromatic N) is 1. The maximum atomic E-state index is 12.9. The molecule has 2 aliphatic carbocycles. The number of aliphatic imine (C=N–C) groups is 1. The van der Waals surface area contributed by atoms with Crippen LogP contribution >= 0.6 is 0 Å². The smallest absolute Gasteiger partial charge is 0.270 e. The third-order valence-corrected chi connectivity index (χ3v) is 4.77. The highest BCUT2D eigenvalue weighted by Gasteiger charge is 2.48. The predicted octanol–water partition coefficient (Wildman–Crippen LogP) is 0.795. The molecule has 0 aliphatic heterocycles. The molecule has 148 valence electrons. The summed E-state index contributed by atoms with van der Waals surface area (Å²) in [6, 6.07) is -0.780. The molecular weight excluding hydrogens is 344 g/mol. The molecule has 2 aliphatic rings. The summed E-state index contributed by atoms with van der Waals surface area (Å²) >= 11 is 0. The van der Waals surface area contributed by atoms with Gasteiger partial charge in [0, 0.05) is 18.5 Å². The molecule has 1 atom stereocenters. The summed E-state index contributed by atoms with van der Waals surface area (Å²) in [6.07, 6.45) is 9.12. The zero-order valence-corrected chi connectivity index (χ0v) is 15.9. The van der Waals surface area contributed by atoms with E-state index in [2.05, 4.69) is 15.6 Å². The van der Waals surface area contributed by atoms with E-state index in [1.54, 1.807) is 0 Å². The number of hydrogen-bond acceptors (Lipinski definition) is 6. The molecule has 0 radical (unpaired) electrons. The van der Waals surface area contributed by atoms with Gasteiger partial charge in [0.15, 0.2) is 0 Å². The normalized spacial score (nSPS) is 19.4. The molecule has 2 saturated carbocycles. The van der Waals surface area contributed by atoms with Gasteiger partial charge in [-0.05, 0) is 69.6 Å². The van der Waals surface area contributed by atoms with Crippen molar-refractivity contribution in [1.82, 2.24) is 10.6 Å². The molecule has 8 heteroatoms. The minimum atomic E-state index is -0.698. The Labute approximate surface area is 160 Å². The molecule has 8 nitrogen and oxygen atoms in total. The number of amides is 2. The molecule has 0 spiro atoms. The molecule has 2 rings (SSSR count). The van der Waals surface area contributed by atoms with Crippen molar-refractivity contribution in [2.24, 2.45) is 34.2 Å². The second-order valence-electron chi connectivity index (χ2n) is 7.43. The maximum absolute atomic E-state index is 12.9. The van der Waals surface area contributed by atoms with Crippen LogP contribution in [0.15, 0.2) is 29.2 Å². The summed E-state index contributed by atoms with van der Waals surface area (Å²) < 4.78 is 0. The van der Waals surface area contributed by atoms with E-state index in [4.69, 9.17) is 16.9 Å². The zero-order valence-electron chi connectivity index (χ0n) is 15.9. The number of carbonyl (C=O) groups is 2. The lowest BCUT2D eigenvalue weighted by Crippen LogP contribution is -2.53. The zero-order chi connectivity index (χ0) is 20.0. The molecule has 27 heavy (non-hydrogen) atoms. The summed E-state index contributed by atoms with van der Waals surface area (Å²) in [4.78, 5) is 30.0. The van der Waals surface area contributed by atoms with Crippen LogP contribution in [0.2, 0.25) is 0 Å². The van der Waals surface area contributed by atoms with Crippen molar-refractivity contribution in [2.45, 2.75) is 51.6 Å². The van der Waals surface area contributed by atoms with E-state index < -0.39 is 11.9 Å². The summed E-state index contributed by atoms with van der Waals surface area (Å²) in [7, 11) is 0. The SMILES string of the molecule is CC(C)N=C(C=CN)C(=O)NC(C(=O)N/C(C=N)=C/N)C(C1CC1)C1CC1. The molecule has 1 unspecified atom stereocenters. The van der Waals surface area contributed by atoms with Crippen molar-refractivity contribution >= 4 is 23.7 Å². The molecule has 0 aromatic heterocycles. The van der Waals surface area contributed by atoms with Gasteiger partial charge in [0.05, 0.1) is 5.70 Å². The Morgan fingerprint density at radius 2 is 1.74 bits per heavy atom. The van der Waals surface area contributed by atoms with Gasteiger partial charge in [0.25, 0.3) is 5.91 Å². The Morgan fingerprint density at radius 1 is 1.15 bits per heavy atom. The first kappa shape index (κ1) is 20.7. The van der Waals surface area contributed by atoms with Crippen LogP contribution in [-0.2, 0) is 9.59 Å². The highest BCUT2D eigenvalue weighted by Crippen LogP contribution is 2.50. The third kappa shape index (κ3) is 5.94. The van der Waals surface area contributed by atoms with Gasteiger partial charge in [0.1, 0.15) is 11.8 Å². The van der Waals surface area contributed by atoms with Crippen molar-refractivity contribution in [3.63, 3.8) is 0 Å². The first-order chi connectivity index (χ1) is 12.9. The quantitative estimate of drug-likeness (QED) is 0.360. The van der Waals surface area contributed by atoms with E-state index in [0.29, 0.717) is 11.8 Å². The Bertz CT molecular complexity index is 647. The third-order valence-electron chi connectivity index (χ3n) is 4.77. The topological polar surface area (TPSA) is 146 Å². The van der Waals surface area contributed by atoms with Crippen LogP contribution in [-0.4, -0.2) is 35.8 Å². The molecule has 0 bridgehead atoms. The second kappa shape index (κ2) is 9.34. The van der Waals surface area contributed by atoms with Crippen LogP contribution < -0.4 is 22.1 Å². The molecule has 0 aromatic rings. The first-order valence-electron chi connectivity index (χ1n) is 9.41. The summed E-state index contributed by atoms with van der Waals surface area (Å²) in [6.45, 7) is 3.73. The van der Waals surface area contributed by atoms with E-state index in [-0.39, 0.29) is 29.3 Å². The van der Waals surface area contributed by atoms with E-state index >= 15 is 0 Å². The maximum Gasteiger partial charge on any atom is 0.270 e. The highest BCUT2D eigenvalue weighted by atomic mass is 16.2. The lowest BCUT2D eigenvalue weighted by molar-refractivity contribution is -0.127. The van der Waals surface area contributed by atoms with Gasteiger partial charge in [-0.15, -0.1) is 0 Å².